The molecular weight excluding hydrogens is 474 g/mol. The van der Waals surface area contributed by atoms with Gasteiger partial charge in [-0.1, -0.05) is 103 Å². The average Bonchev–Trinajstić information content (AvgIpc) is 2.90. The van der Waals surface area contributed by atoms with Gasteiger partial charge in [-0.15, -0.1) is 0 Å². The zero-order valence-electron chi connectivity index (χ0n) is 22.3. The molecule has 4 aromatic carbocycles. The van der Waals surface area contributed by atoms with Crippen LogP contribution in [0.3, 0.4) is 0 Å². The van der Waals surface area contributed by atoms with E-state index >= 15 is 0 Å². The Morgan fingerprint density at radius 3 is 2.05 bits per heavy atom. The molecule has 0 radical (unpaired) electrons. The zero-order valence-corrected chi connectivity index (χ0v) is 23.3. The minimum Gasteiger partial charge on any atom is -0.444 e. The van der Waals surface area contributed by atoms with Crippen molar-refractivity contribution in [2.45, 2.75) is 58.3 Å². The van der Waals surface area contributed by atoms with Crippen molar-refractivity contribution < 1.29 is 14.0 Å². The van der Waals surface area contributed by atoms with E-state index in [0.717, 1.165) is 28.3 Å². The minimum absolute atomic E-state index is 0.219. The van der Waals surface area contributed by atoms with Crippen molar-refractivity contribution in [2.24, 2.45) is 0 Å². The number of ether oxygens (including phenoxy) is 1. The maximum Gasteiger partial charge on any atom is 0.412 e. The zero-order chi connectivity index (χ0) is 26.3. The minimum atomic E-state index is -2.00. The number of hydrogen-bond acceptors (Lipinski definition) is 3. The fraction of sp³-hybridized carbons (Fsp3) is 0.281. The van der Waals surface area contributed by atoms with Crippen LogP contribution in [0.25, 0.3) is 10.8 Å². The Kier molecular flexibility index (Phi) is 8.80. The third kappa shape index (κ3) is 7.31. The van der Waals surface area contributed by atoms with Gasteiger partial charge in [0, 0.05) is 0 Å². The summed E-state index contributed by atoms with van der Waals surface area (Å²) in [5.41, 5.74) is 3.27. The molecule has 4 nitrogen and oxygen atoms in total. The van der Waals surface area contributed by atoms with Crippen LogP contribution in [0.1, 0.15) is 36.1 Å². The van der Waals surface area contributed by atoms with Crippen LogP contribution in [0.5, 0.6) is 0 Å². The number of carbonyl (C=O) groups excluding carboxylic acids is 1. The highest BCUT2D eigenvalue weighted by Crippen LogP contribution is 2.32. The first-order chi connectivity index (χ1) is 17.8. The summed E-state index contributed by atoms with van der Waals surface area (Å²) in [4.78, 5) is 15.7. The molecule has 2 atom stereocenters. The average molecular weight is 512 g/mol. The first-order valence-corrected chi connectivity index (χ1v) is 16.4. The number of amides is 1. The van der Waals surface area contributed by atoms with Gasteiger partial charge in [-0.05, 0) is 66.9 Å². The third-order valence-corrected chi connectivity index (χ3v) is 7.41. The molecule has 0 aliphatic heterocycles. The molecule has 1 amide bonds. The Hall–Kier alpha value is -3.41. The van der Waals surface area contributed by atoms with Gasteiger partial charge < -0.3 is 9.16 Å². The molecule has 37 heavy (non-hydrogen) atoms. The fourth-order valence-electron chi connectivity index (χ4n) is 4.68. The lowest BCUT2D eigenvalue weighted by Gasteiger charge is -2.39. The summed E-state index contributed by atoms with van der Waals surface area (Å²) in [5, 5.41) is 2.28. The standard InChI is InChI=1S/C32H37NO3Si/c1-25(29-21-13-19-28-18-11-12-20-30(28)29)33(32(34)35-24-27-16-9-6-10-17-27)31(36-37(2,3)4)23-22-26-14-7-5-8-15-26/h5-21,25,31H,22-24H2,1-4H3/t25-,31?/m0/s1. The largest absolute Gasteiger partial charge is 0.444 e. The van der Waals surface area contributed by atoms with Gasteiger partial charge in [0.25, 0.3) is 0 Å². The molecule has 0 saturated heterocycles. The van der Waals surface area contributed by atoms with E-state index in [1.807, 2.05) is 65.6 Å². The van der Waals surface area contributed by atoms with Gasteiger partial charge in [0.2, 0.25) is 0 Å². The van der Waals surface area contributed by atoms with E-state index in [1.54, 1.807) is 0 Å². The molecule has 1 unspecified atom stereocenters. The Balaban J connectivity index is 1.69. The monoisotopic (exact) mass is 511 g/mol. The van der Waals surface area contributed by atoms with Crippen LogP contribution >= 0.6 is 0 Å². The Labute approximate surface area is 222 Å². The van der Waals surface area contributed by atoms with E-state index < -0.39 is 14.5 Å². The summed E-state index contributed by atoms with van der Waals surface area (Å²) in [6.45, 7) is 8.79. The van der Waals surface area contributed by atoms with E-state index in [9.17, 15) is 4.79 Å². The second kappa shape index (κ2) is 12.2. The van der Waals surface area contributed by atoms with Crippen LogP contribution in [-0.4, -0.2) is 25.5 Å². The molecule has 0 N–H and O–H groups in total. The van der Waals surface area contributed by atoms with Crippen molar-refractivity contribution in [2.75, 3.05) is 0 Å². The molecule has 192 valence electrons. The van der Waals surface area contributed by atoms with E-state index in [2.05, 4.69) is 69.0 Å². The molecule has 0 bridgehead atoms. The molecule has 0 spiro atoms. The van der Waals surface area contributed by atoms with Crippen LogP contribution in [0.4, 0.5) is 4.79 Å². The Morgan fingerprint density at radius 2 is 1.38 bits per heavy atom. The summed E-state index contributed by atoms with van der Waals surface area (Å²) in [6, 6.07) is 34.5. The number of nitrogens with zero attached hydrogens (tertiary/aromatic N) is 1. The summed E-state index contributed by atoms with van der Waals surface area (Å²) in [5.74, 6) is 0. The molecular formula is C32H37NO3Si. The highest BCUT2D eigenvalue weighted by Gasteiger charge is 2.34. The lowest BCUT2D eigenvalue weighted by Crippen LogP contribution is -2.48. The van der Waals surface area contributed by atoms with Gasteiger partial charge in [0.15, 0.2) is 8.32 Å². The topological polar surface area (TPSA) is 38.8 Å². The van der Waals surface area contributed by atoms with Gasteiger partial charge in [-0.25, -0.2) is 4.79 Å². The van der Waals surface area contributed by atoms with Crippen LogP contribution in [0, 0.1) is 0 Å². The quantitative estimate of drug-likeness (QED) is 0.159. The van der Waals surface area contributed by atoms with Gasteiger partial charge in [-0.2, -0.15) is 0 Å². The predicted molar refractivity (Wildman–Crippen MR) is 154 cm³/mol. The Bertz CT molecular complexity index is 1280. The normalized spacial score (nSPS) is 13.2. The van der Waals surface area contributed by atoms with Gasteiger partial charge in [0.05, 0.1) is 6.04 Å². The van der Waals surface area contributed by atoms with E-state index in [0.29, 0.717) is 6.42 Å². The van der Waals surface area contributed by atoms with Gasteiger partial charge in [0.1, 0.15) is 12.8 Å². The molecule has 0 saturated carbocycles. The smallest absolute Gasteiger partial charge is 0.412 e. The van der Waals surface area contributed by atoms with E-state index in [4.69, 9.17) is 9.16 Å². The van der Waals surface area contributed by atoms with Crippen LogP contribution < -0.4 is 0 Å². The first-order valence-electron chi connectivity index (χ1n) is 13.0. The van der Waals surface area contributed by atoms with Crippen LogP contribution in [0.2, 0.25) is 19.6 Å². The summed E-state index contributed by atoms with van der Waals surface area (Å²) < 4.78 is 12.6. The molecule has 0 fully saturated rings. The van der Waals surface area contributed by atoms with Crippen molar-refractivity contribution >= 4 is 25.2 Å². The predicted octanol–water partition coefficient (Wildman–Crippen LogP) is 8.35. The number of rotatable bonds is 10. The Morgan fingerprint density at radius 1 is 0.784 bits per heavy atom. The second-order valence-electron chi connectivity index (χ2n) is 10.4. The van der Waals surface area contributed by atoms with Crippen molar-refractivity contribution in [1.29, 1.82) is 0 Å². The highest BCUT2D eigenvalue weighted by molar-refractivity contribution is 6.69. The third-order valence-electron chi connectivity index (χ3n) is 6.43. The number of benzene rings is 4. The number of aryl methyl sites for hydroxylation is 1. The first kappa shape index (κ1) is 26.6. The summed E-state index contributed by atoms with van der Waals surface area (Å²) >= 11 is 0. The van der Waals surface area contributed by atoms with Gasteiger partial charge >= 0.3 is 6.09 Å². The number of hydrogen-bond donors (Lipinski definition) is 0. The molecule has 0 aromatic heterocycles. The fourth-order valence-corrected chi connectivity index (χ4v) is 5.73. The molecule has 4 rings (SSSR count). The van der Waals surface area contributed by atoms with Crippen molar-refractivity contribution in [3.8, 4) is 0 Å². The SMILES string of the molecule is C[C@@H](c1cccc2ccccc12)N(C(=O)OCc1ccccc1)C(CCc1ccccc1)O[Si](C)(C)C. The van der Waals surface area contributed by atoms with E-state index in [1.165, 1.54) is 5.56 Å². The van der Waals surface area contributed by atoms with Crippen LogP contribution in [0.15, 0.2) is 103 Å². The lowest BCUT2D eigenvalue weighted by atomic mass is 9.98. The second-order valence-corrected chi connectivity index (χ2v) is 14.9. The maximum atomic E-state index is 13.8. The molecule has 0 heterocycles. The lowest BCUT2D eigenvalue weighted by molar-refractivity contribution is -0.0156. The van der Waals surface area contributed by atoms with Crippen LogP contribution in [-0.2, 0) is 22.2 Å². The summed E-state index contributed by atoms with van der Waals surface area (Å²) in [7, 11) is -2.00. The molecule has 0 aliphatic rings. The van der Waals surface area contributed by atoms with Crippen molar-refractivity contribution in [1.82, 2.24) is 4.90 Å². The molecule has 0 aliphatic carbocycles. The van der Waals surface area contributed by atoms with E-state index in [-0.39, 0.29) is 18.7 Å². The number of carbonyl (C=O) groups is 1. The summed E-state index contributed by atoms with van der Waals surface area (Å²) in [6.07, 6.45) is 0.717. The molecule has 4 aromatic rings. The van der Waals surface area contributed by atoms with Crippen molar-refractivity contribution in [3.05, 3.63) is 120 Å². The van der Waals surface area contributed by atoms with Crippen molar-refractivity contribution in [3.63, 3.8) is 0 Å². The number of fused-ring (bicyclic) bond motifs is 1. The van der Waals surface area contributed by atoms with Gasteiger partial charge in [-0.3, -0.25) is 4.90 Å². The molecule has 5 heteroatoms. The highest BCUT2D eigenvalue weighted by atomic mass is 28.4. The maximum absolute atomic E-state index is 13.8.